The number of nitrogens with zero attached hydrogens (tertiary/aromatic N) is 2. The summed E-state index contributed by atoms with van der Waals surface area (Å²) in [5.74, 6) is 1.25. The van der Waals surface area contributed by atoms with Crippen molar-refractivity contribution in [2.75, 3.05) is 0 Å². The van der Waals surface area contributed by atoms with E-state index in [1.165, 1.54) is 11.1 Å². The van der Waals surface area contributed by atoms with E-state index in [1.807, 2.05) is 48.7 Å². The number of carbonyl (C=O) groups is 1. The lowest BCUT2D eigenvalue weighted by molar-refractivity contribution is -0.695. The molecule has 0 unspecified atom stereocenters. The van der Waals surface area contributed by atoms with E-state index < -0.39 is 0 Å². The Bertz CT molecular complexity index is 1040. The maximum absolute atomic E-state index is 12.8. The number of carbonyl (C=O) groups excluding carboxylic acids is 1. The molecule has 4 aromatic rings. The van der Waals surface area contributed by atoms with Gasteiger partial charge in [0.05, 0.1) is 6.42 Å². The molecule has 0 bridgehead atoms. The SMILES string of the molecule is O=C(Cn1cc[n+](Cc2ccccc2)c1Cc1ccccc1)c1ccccc1. The largest absolute Gasteiger partial charge is 0.290 e. The monoisotopic (exact) mass is 367 g/mol. The first-order valence-corrected chi connectivity index (χ1v) is 9.53. The molecule has 0 N–H and O–H groups in total. The van der Waals surface area contributed by atoms with E-state index in [-0.39, 0.29) is 5.78 Å². The minimum atomic E-state index is 0.123. The van der Waals surface area contributed by atoms with Gasteiger partial charge in [0, 0.05) is 5.56 Å². The molecule has 0 saturated heterocycles. The zero-order valence-corrected chi connectivity index (χ0v) is 15.7. The molecular formula is C25H23N2O+. The Morgan fingerprint density at radius 3 is 1.96 bits per heavy atom. The number of ketones is 1. The molecule has 0 aliphatic carbocycles. The lowest BCUT2D eigenvalue weighted by Gasteiger charge is -2.06. The Labute approximate surface area is 165 Å². The highest BCUT2D eigenvalue weighted by molar-refractivity contribution is 5.95. The summed E-state index contributed by atoms with van der Waals surface area (Å²) in [6.45, 7) is 1.13. The molecule has 1 aromatic heterocycles. The Kier molecular flexibility index (Phi) is 5.43. The number of rotatable bonds is 7. The Hall–Kier alpha value is -3.46. The van der Waals surface area contributed by atoms with E-state index >= 15 is 0 Å². The van der Waals surface area contributed by atoms with Crippen molar-refractivity contribution in [2.45, 2.75) is 19.5 Å². The second kappa shape index (κ2) is 8.49. The predicted octanol–water partition coefficient (Wildman–Crippen LogP) is 4.30. The molecule has 1 heterocycles. The second-order valence-corrected chi connectivity index (χ2v) is 6.91. The molecular weight excluding hydrogens is 344 g/mol. The van der Waals surface area contributed by atoms with E-state index in [4.69, 9.17) is 0 Å². The summed E-state index contributed by atoms with van der Waals surface area (Å²) >= 11 is 0. The maximum Gasteiger partial charge on any atom is 0.261 e. The van der Waals surface area contributed by atoms with Crippen LogP contribution in [0.2, 0.25) is 0 Å². The third-order valence-electron chi connectivity index (χ3n) is 4.90. The van der Waals surface area contributed by atoms with Crippen molar-refractivity contribution >= 4 is 5.78 Å². The van der Waals surface area contributed by atoms with Crippen molar-refractivity contribution in [3.8, 4) is 0 Å². The fourth-order valence-corrected chi connectivity index (χ4v) is 3.42. The molecule has 138 valence electrons. The van der Waals surface area contributed by atoms with Gasteiger partial charge in [-0.15, -0.1) is 0 Å². The second-order valence-electron chi connectivity index (χ2n) is 6.91. The normalized spacial score (nSPS) is 10.7. The van der Waals surface area contributed by atoms with Crippen LogP contribution in [0.15, 0.2) is 103 Å². The number of imidazole rings is 1. The van der Waals surface area contributed by atoms with Crippen molar-refractivity contribution in [2.24, 2.45) is 0 Å². The van der Waals surface area contributed by atoms with Crippen LogP contribution in [-0.4, -0.2) is 10.4 Å². The minimum Gasteiger partial charge on any atom is -0.290 e. The highest BCUT2D eigenvalue weighted by Crippen LogP contribution is 2.10. The first kappa shape index (κ1) is 17.9. The van der Waals surface area contributed by atoms with E-state index in [2.05, 4.69) is 63.9 Å². The smallest absolute Gasteiger partial charge is 0.261 e. The van der Waals surface area contributed by atoms with E-state index in [0.29, 0.717) is 6.54 Å². The molecule has 3 heteroatoms. The molecule has 0 atom stereocenters. The van der Waals surface area contributed by atoms with Gasteiger partial charge in [0.15, 0.2) is 6.54 Å². The van der Waals surface area contributed by atoms with Crippen molar-refractivity contribution in [3.05, 3.63) is 126 Å². The van der Waals surface area contributed by atoms with Crippen LogP contribution >= 0.6 is 0 Å². The third-order valence-corrected chi connectivity index (χ3v) is 4.90. The number of hydrogen-bond acceptors (Lipinski definition) is 1. The van der Waals surface area contributed by atoms with Crippen molar-refractivity contribution in [1.29, 1.82) is 0 Å². The van der Waals surface area contributed by atoms with Crippen LogP contribution in [0.3, 0.4) is 0 Å². The van der Waals surface area contributed by atoms with Gasteiger partial charge < -0.3 is 0 Å². The third kappa shape index (κ3) is 4.26. The number of hydrogen-bond donors (Lipinski definition) is 0. The van der Waals surface area contributed by atoms with Crippen LogP contribution in [0.5, 0.6) is 0 Å². The lowest BCUT2D eigenvalue weighted by atomic mass is 10.1. The summed E-state index contributed by atoms with van der Waals surface area (Å²) in [5, 5.41) is 0. The summed E-state index contributed by atoms with van der Waals surface area (Å²) in [5.41, 5.74) is 3.22. The summed E-state index contributed by atoms with van der Waals surface area (Å²) < 4.78 is 4.31. The highest BCUT2D eigenvalue weighted by atomic mass is 16.1. The molecule has 0 saturated carbocycles. The van der Waals surface area contributed by atoms with Gasteiger partial charge >= 0.3 is 0 Å². The zero-order valence-electron chi connectivity index (χ0n) is 15.7. The van der Waals surface area contributed by atoms with E-state index in [0.717, 1.165) is 24.4 Å². The maximum atomic E-state index is 12.8. The van der Waals surface area contributed by atoms with E-state index in [9.17, 15) is 4.79 Å². The first-order valence-electron chi connectivity index (χ1n) is 9.53. The standard InChI is InChI=1S/C25H23N2O/c28-24(23-14-8-3-9-15-23)20-27-17-16-26(19-22-12-6-2-7-13-22)25(27)18-21-10-4-1-5-11-21/h1-17H,18-20H2/q+1. The van der Waals surface area contributed by atoms with Gasteiger partial charge in [-0.2, -0.15) is 0 Å². The number of benzene rings is 3. The minimum absolute atomic E-state index is 0.123. The van der Waals surface area contributed by atoms with E-state index in [1.54, 1.807) is 0 Å². The molecule has 3 aromatic carbocycles. The molecule has 0 fully saturated rings. The van der Waals surface area contributed by atoms with Gasteiger partial charge in [0.2, 0.25) is 5.78 Å². The van der Waals surface area contributed by atoms with Crippen molar-refractivity contribution in [1.82, 2.24) is 4.57 Å². The summed E-state index contributed by atoms with van der Waals surface area (Å²) in [7, 11) is 0. The Morgan fingerprint density at radius 1 is 0.750 bits per heavy atom. The van der Waals surface area contributed by atoms with Crippen LogP contribution in [0.4, 0.5) is 0 Å². The fraction of sp³-hybridized carbons (Fsp3) is 0.120. The molecule has 0 spiro atoms. The number of aromatic nitrogens is 2. The average molecular weight is 367 g/mol. The molecule has 0 aliphatic heterocycles. The number of Topliss-reactive ketones (excluding diaryl/α,β-unsaturated/α-hetero) is 1. The molecule has 4 rings (SSSR count). The topological polar surface area (TPSA) is 25.9 Å². The molecule has 28 heavy (non-hydrogen) atoms. The Morgan fingerprint density at radius 2 is 1.32 bits per heavy atom. The van der Waals surface area contributed by atoms with Crippen molar-refractivity contribution < 1.29 is 9.36 Å². The summed E-state index contributed by atoms with van der Waals surface area (Å²) in [6.07, 6.45) is 4.87. The predicted molar refractivity (Wildman–Crippen MR) is 110 cm³/mol. The summed E-state index contributed by atoms with van der Waals surface area (Å²) in [6, 6.07) is 30.3. The van der Waals surface area contributed by atoms with Crippen LogP contribution in [0, 0.1) is 0 Å². The lowest BCUT2D eigenvalue weighted by Crippen LogP contribution is -2.38. The zero-order chi connectivity index (χ0) is 19.2. The van der Waals surface area contributed by atoms with Crippen LogP contribution in [-0.2, 0) is 19.5 Å². The van der Waals surface area contributed by atoms with Gasteiger partial charge in [0.25, 0.3) is 5.82 Å². The van der Waals surface area contributed by atoms with Crippen LogP contribution in [0.1, 0.15) is 27.3 Å². The molecule has 3 nitrogen and oxygen atoms in total. The van der Waals surface area contributed by atoms with Gasteiger partial charge in [-0.05, 0) is 11.1 Å². The van der Waals surface area contributed by atoms with Crippen LogP contribution in [0.25, 0.3) is 0 Å². The highest BCUT2D eigenvalue weighted by Gasteiger charge is 2.20. The molecule has 0 aliphatic rings. The van der Waals surface area contributed by atoms with Gasteiger partial charge in [0.1, 0.15) is 18.9 Å². The van der Waals surface area contributed by atoms with Gasteiger partial charge in [-0.3, -0.25) is 4.79 Å². The molecule has 0 amide bonds. The van der Waals surface area contributed by atoms with Crippen molar-refractivity contribution in [3.63, 3.8) is 0 Å². The summed E-state index contributed by atoms with van der Waals surface area (Å²) in [4.78, 5) is 12.8. The van der Waals surface area contributed by atoms with Crippen LogP contribution < -0.4 is 4.57 Å². The first-order chi connectivity index (χ1) is 13.8. The molecule has 0 radical (unpaired) electrons. The van der Waals surface area contributed by atoms with Gasteiger partial charge in [-0.25, -0.2) is 9.13 Å². The van der Waals surface area contributed by atoms with Gasteiger partial charge in [-0.1, -0.05) is 91.0 Å². The Balaban J connectivity index is 1.64. The fourth-order valence-electron chi connectivity index (χ4n) is 3.42. The quantitative estimate of drug-likeness (QED) is 0.353. The average Bonchev–Trinajstić information content (AvgIpc) is 3.11.